The van der Waals surface area contributed by atoms with Crippen molar-refractivity contribution in [3.05, 3.63) is 12.7 Å². The Labute approximate surface area is 137 Å². The van der Waals surface area contributed by atoms with Gasteiger partial charge in [-0.05, 0) is 12.8 Å². The fourth-order valence-corrected chi connectivity index (χ4v) is 3.15. The molecule has 0 bridgehead atoms. The Morgan fingerprint density at radius 1 is 0.773 bits per heavy atom. The summed E-state index contributed by atoms with van der Waals surface area (Å²) in [5.41, 5.74) is 0. The molecule has 0 saturated carbocycles. The highest BCUT2D eigenvalue weighted by atomic mass is 15.3. The van der Waals surface area contributed by atoms with E-state index in [0.29, 0.717) is 6.04 Å². The van der Waals surface area contributed by atoms with E-state index in [2.05, 4.69) is 23.9 Å². The van der Waals surface area contributed by atoms with Crippen molar-refractivity contribution in [2.75, 3.05) is 0 Å². The van der Waals surface area contributed by atoms with Gasteiger partial charge >= 0.3 is 0 Å². The summed E-state index contributed by atoms with van der Waals surface area (Å²) in [7, 11) is 0. The van der Waals surface area contributed by atoms with Crippen LogP contribution in [-0.2, 0) is 0 Å². The number of hydrogen-bond acceptors (Lipinski definition) is 2. The van der Waals surface area contributed by atoms with Crippen molar-refractivity contribution in [2.45, 2.75) is 110 Å². The summed E-state index contributed by atoms with van der Waals surface area (Å²) in [6.45, 7) is 4.53. The third kappa shape index (κ3) is 9.22. The number of nitrogens with zero attached hydrogens (tertiary/aromatic N) is 3. The molecule has 0 aliphatic heterocycles. The van der Waals surface area contributed by atoms with E-state index in [1.165, 1.54) is 83.5 Å². The Hall–Kier alpha value is -0.860. The van der Waals surface area contributed by atoms with Gasteiger partial charge in [0, 0.05) is 0 Å². The quantitative estimate of drug-likeness (QED) is 0.355. The maximum absolute atomic E-state index is 4.27. The van der Waals surface area contributed by atoms with Crippen LogP contribution in [0.4, 0.5) is 0 Å². The Morgan fingerprint density at radius 3 is 1.77 bits per heavy atom. The molecule has 0 aliphatic carbocycles. The third-order valence-electron chi connectivity index (χ3n) is 4.67. The topological polar surface area (TPSA) is 30.7 Å². The summed E-state index contributed by atoms with van der Waals surface area (Å²) < 4.78 is 2.03. The van der Waals surface area contributed by atoms with Gasteiger partial charge in [-0.1, -0.05) is 90.9 Å². The molecule has 1 aromatic rings. The van der Waals surface area contributed by atoms with Gasteiger partial charge in [-0.25, -0.2) is 9.67 Å². The van der Waals surface area contributed by atoms with Gasteiger partial charge in [-0.2, -0.15) is 5.10 Å². The minimum atomic E-state index is 0.547. The molecule has 1 aromatic heterocycles. The highest BCUT2D eigenvalue weighted by Gasteiger charge is 2.08. The molecule has 1 atom stereocenters. The summed E-state index contributed by atoms with van der Waals surface area (Å²) in [5, 5.41) is 4.27. The average molecular weight is 308 g/mol. The lowest BCUT2D eigenvalue weighted by atomic mass is 10.0. The third-order valence-corrected chi connectivity index (χ3v) is 4.67. The summed E-state index contributed by atoms with van der Waals surface area (Å²) in [6.07, 6.45) is 22.9. The molecule has 0 aromatic carbocycles. The lowest BCUT2D eigenvalue weighted by molar-refractivity contribution is 0.392. The van der Waals surface area contributed by atoms with E-state index in [4.69, 9.17) is 0 Å². The first kappa shape index (κ1) is 19.2. The molecule has 3 heteroatoms. The lowest BCUT2D eigenvalue weighted by Crippen LogP contribution is -2.08. The van der Waals surface area contributed by atoms with Crippen LogP contribution in [0.1, 0.15) is 110 Å². The largest absolute Gasteiger partial charge is 0.250 e. The SMILES string of the molecule is CCCCCCCCCCCCCCC(CC)n1cncn1. The Bertz CT molecular complexity index is 321. The standard InChI is InChI=1S/C19H37N3/c1-3-5-6-7-8-9-10-11-12-13-14-15-16-19(4-2)22-18-20-17-21-22/h17-19H,3-16H2,1-2H3. The van der Waals surface area contributed by atoms with Crippen LogP contribution in [0.2, 0.25) is 0 Å². The van der Waals surface area contributed by atoms with Crippen LogP contribution in [0.15, 0.2) is 12.7 Å². The van der Waals surface area contributed by atoms with Crippen molar-refractivity contribution in [3.63, 3.8) is 0 Å². The minimum absolute atomic E-state index is 0.547. The van der Waals surface area contributed by atoms with Crippen LogP contribution >= 0.6 is 0 Å². The first-order valence-electron chi connectivity index (χ1n) is 9.72. The molecule has 0 spiro atoms. The molecule has 0 aliphatic rings. The van der Waals surface area contributed by atoms with Crippen molar-refractivity contribution >= 4 is 0 Å². The second-order valence-corrected chi connectivity index (χ2v) is 6.62. The predicted octanol–water partition coefficient (Wildman–Crippen LogP) is 6.32. The zero-order valence-electron chi connectivity index (χ0n) is 15.0. The Morgan fingerprint density at radius 2 is 1.32 bits per heavy atom. The number of aromatic nitrogens is 3. The van der Waals surface area contributed by atoms with Crippen molar-refractivity contribution in [3.8, 4) is 0 Å². The van der Waals surface area contributed by atoms with Gasteiger partial charge in [-0.3, -0.25) is 0 Å². The normalized spacial score (nSPS) is 12.6. The van der Waals surface area contributed by atoms with Crippen molar-refractivity contribution in [1.29, 1.82) is 0 Å². The summed E-state index contributed by atoms with van der Waals surface area (Å²) in [4.78, 5) is 4.05. The number of rotatable bonds is 15. The Balaban J connectivity index is 1.85. The van der Waals surface area contributed by atoms with Gasteiger partial charge in [-0.15, -0.1) is 0 Å². The maximum atomic E-state index is 4.27. The molecule has 0 amide bonds. The molecular weight excluding hydrogens is 270 g/mol. The highest BCUT2D eigenvalue weighted by Crippen LogP contribution is 2.19. The first-order chi connectivity index (χ1) is 10.9. The van der Waals surface area contributed by atoms with Gasteiger partial charge in [0.2, 0.25) is 0 Å². The van der Waals surface area contributed by atoms with E-state index in [1.807, 2.05) is 11.0 Å². The van der Waals surface area contributed by atoms with Crippen LogP contribution in [0.25, 0.3) is 0 Å². The van der Waals surface area contributed by atoms with Gasteiger partial charge in [0.25, 0.3) is 0 Å². The molecule has 128 valence electrons. The van der Waals surface area contributed by atoms with Crippen molar-refractivity contribution in [2.24, 2.45) is 0 Å². The maximum Gasteiger partial charge on any atom is 0.137 e. The zero-order valence-corrected chi connectivity index (χ0v) is 15.0. The summed E-state index contributed by atoms with van der Waals surface area (Å²) in [6, 6.07) is 0.547. The van der Waals surface area contributed by atoms with E-state index in [-0.39, 0.29) is 0 Å². The van der Waals surface area contributed by atoms with Crippen LogP contribution in [0.5, 0.6) is 0 Å². The summed E-state index contributed by atoms with van der Waals surface area (Å²) >= 11 is 0. The van der Waals surface area contributed by atoms with E-state index in [0.717, 1.165) is 6.42 Å². The van der Waals surface area contributed by atoms with Crippen LogP contribution < -0.4 is 0 Å². The molecular formula is C19H37N3. The van der Waals surface area contributed by atoms with Crippen molar-refractivity contribution in [1.82, 2.24) is 14.8 Å². The van der Waals surface area contributed by atoms with E-state index < -0.39 is 0 Å². The van der Waals surface area contributed by atoms with E-state index in [9.17, 15) is 0 Å². The smallest absolute Gasteiger partial charge is 0.137 e. The predicted molar refractivity (Wildman–Crippen MR) is 95.0 cm³/mol. The number of unbranched alkanes of at least 4 members (excludes halogenated alkanes) is 11. The van der Waals surface area contributed by atoms with E-state index in [1.54, 1.807) is 6.33 Å². The molecule has 0 fully saturated rings. The fourth-order valence-electron chi connectivity index (χ4n) is 3.15. The highest BCUT2D eigenvalue weighted by molar-refractivity contribution is 4.67. The molecule has 1 rings (SSSR count). The molecule has 22 heavy (non-hydrogen) atoms. The molecule has 0 N–H and O–H groups in total. The first-order valence-corrected chi connectivity index (χ1v) is 9.72. The fraction of sp³-hybridized carbons (Fsp3) is 0.895. The Kier molecular flexibility index (Phi) is 12.0. The van der Waals surface area contributed by atoms with Crippen LogP contribution in [-0.4, -0.2) is 14.8 Å². The second-order valence-electron chi connectivity index (χ2n) is 6.62. The minimum Gasteiger partial charge on any atom is -0.250 e. The second kappa shape index (κ2) is 13.8. The molecule has 3 nitrogen and oxygen atoms in total. The zero-order chi connectivity index (χ0) is 15.9. The molecule has 1 heterocycles. The number of hydrogen-bond donors (Lipinski definition) is 0. The van der Waals surface area contributed by atoms with Crippen molar-refractivity contribution < 1.29 is 0 Å². The monoisotopic (exact) mass is 307 g/mol. The summed E-state index contributed by atoms with van der Waals surface area (Å²) in [5.74, 6) is 0. The van der Waals surface area contributed by atoms with Gasteiger partial charge < -0.3 is 0 Å². The molecule has 0 radical (unpaired) electrons. The molecule has 1 unspecified atom stereocenters. The van der Waals surface area contributed by atoms with Gasteiger partial charge in [0.1, 0.15) is 12.7 Å². The van der Waals surface area contributed by atoms with E-state index >= 15 is 0 Å². The average Bonchev–Trinajstić information content (AvgIpc) is 3.06. The molecule has 0 saturated heterocycles. The lowest BCUT2D eigenvalue weighted by Gasteiger charge is -2.14. The van der Waals surface area contributed by atoms with Crippen LogP contribution in [0, 0.1) is 0 Å². The van der Waals surface area contributed by atoms with Crippen LogP contribution in [0.3, 0.4) is 0 Å². The van der Waals surface area contributed by atoms with Gasteiger partial charge in [0.05, 0.1) is 6.04 Å². The van der Waals surface area contributed by atoms with Gasteiger partial charge in [0.15, 0.2) is 0 Å².